The van der Waals surface area contributed by atoms with E-state index in [0.29, 0.717) is 12.1 Å². The van der Waals surface area contributed by atoms with Crippen molar-refractivity contribution in [1.29, 1.82) is 0 Å². The fourth-order valence-electron chi connectivity index (χ4n) is 5.00. The molecule has 0 radical (unpaired) electrons. The van der Waals surface area contributed by atoms with Crippen molar-refractivity contribution < 1.29 is 9.18 Å². The van der Waals surface area contributed by atoms with Gasteiger partial charge in [-0.25, -0.2) is 4.39 Å². The third kappa shape index (κ3) is 3.97. The number of halogens is 1. The van der Waals surface area contributed by atoms with E-state index in [1.165, 1.54) is 12.1 Å². The van der Waals surface area contributed by atoms with Crippen LogP contribution in [0.3, 0.4) is 0 Å². The van der Waals surface area contributed by atoms with Gasteiger partial charge in [-0.15, -0.1) is 0 Å². The van der Waals surface area contributed by atoms with Gasteiger partial charge in [0.15, 0.2) is 0 Å². The van der Waals surface area contributed by atoms with E-state index < -0.39 is 0 Å². The maximum atomic E-state index is 13.1. The van der Waals surface area contributed by atoms with Crippen molar-refractivity contribution >= 4 is 11.6 Å². The van der Waals surface area contributed by atoms with Crippen LogP contribution in [-0.4, -0.2) is 62.2 Å². The smallest absolute Gasteiger partial charge is 0.226 e. The summed E-state index contributed by atoms with van der Waals surface area (Å²) < 4.78 is 13.1. The van der Waals surface area contributed by atoms with Crippen LogP contribution in [0.2, 0.25) is 0 Å². The van der Waals surface area contributed by atoms with Gasteiger partial charge < -0.3 is 15.5 Å². The predicted molar refractivity (Wildman–Crippen MR) is 105 cm³/mol. The van der Waals surface area contributed by atoms with Gasteiger partial charge in [0.2, 0.25) is 5.91 Å². The largest absolute Gasteiger partial charge is 0.369 e. The summed E-state index contributed by atoms with van der Waals surface area (Å²) in [5, 5.41) is 6.64. The Morgan fingerprint density at radius 2 is 1.93 bits per heavy atom. The minimum absolute atomic E-state index is 0.108. The number of benzene rings is 1. The molecule has 4 rings (SSSR count). The van der Waals surface area contributed by atoms with Gasteiger partial charge in [0.25, 0.3) is 0 Å². The number of amides is 1. The van der Waals surface area contributed by atoms with Crippen molar-refractivity contribution in [1.82, 2.24) is 15.5 Å². The molecule has 1 aromatic carbocycles. The molecule has 3 saturated heterocycles. The molecule has 2 atom stereocenters. The van der Waals surface area contributed by atoms with E-state index in [-0.39, 0.29) is 17.1 Å². The third-order valence-electron chi connectivity index (χ3n) is 6.74. The van der Waals surface area contributed by atoms with Gasteiger partial charge in [0.1, 0.15) is 5.82 Å². The normalized spacial score (nSPS) is 28.5. The van der Waals surface area contributed by atoms with Crippen LogP contribution in [0.15, 0.2) is 24.3 Å². The van der Waals surface area contributed by atoms with Crippen molar-refractivity contribution in [3.8, 4) is 0 Å². The predicted octanol–water partition coefficient (Wildman–Crippen LogP) is 1.98. The molecular formula is C21H31FN4O. The minimum atomic E-state index is -0.185. The lowest BCUT2D eigenvalue weighted by Gasteiger charge is -2.41. The summed E-state index contributed by atoms with van der Waals surface area (Å²) in [4.78, 5) is 17.4. The highest BCUT2D eigenvalue weighted by Crippen LogP contribution is 2.39. The lowest BCUT2D eigenvalue weighted by Crippen LogP contribution is -2.52. The lowest BCUT2D eigenvalue weighted by atomic mass is 9.76. The zero-order valence-electron chi connectivity index (χ0n) is 16.2. The maximum Gasteiger partial charge on any atom is 0.226 e. The Morgan fingerprint density at radius 3 is 2.63 bits per heavy atom. The lowest BCUT2D eigenvalue weighted by molar-refractivity contribution is -0.128. The highest BCUT2D eigenvalue weighted by Gasteiger charge is 2.46. The Morgan fingerprint density at radius 1 is 1.19 bits per heavy atom. The second-order valence-electron chi connectivity index (χ2n) is 8.50. The fourth-order valence-corrected chi connectivity index (χ4v) is 5.00. The van der Waals surface area contributed by atoms with E-state index in [2.05, 4.69) is 27.4 Å². The molecule has 148 valence electrons. The van der Waals surface area contributed by atoms with E-state index in [0.717, 1.165) is 70.6 Å². The van der Waals surface area contributed by atoms with Crippen molar-refractivity contribution in [2.75, 3.05) is 44.2 Å². The first kappa shape index (κ1) is 18.7. The highest BCUT2D eigenvalue weighted by molar-refractivity contribution is 5.85. The number of carbonyl (C=O) groups is 1. The number of hydrogen-bond donors (Lipinski definition) is 2. The summed E-state index contributed by atoms with van der Waals surface area (Å²) in [6.45, 7) is 8.13. The molecule has 27 heavy (non-hydrogen) atoms. The molecule has 1 amide bonds. The molecule has 3 aliphatic heterocycles. The fraction of sp³-hybridized carbons (Fsp3) is 0.667. The number of anilines is 1. The second kappa shape index (κ2) is 7.76. The van der Waals surface area contributed by atoms with Gasteiger partial charge in [-0.2, -0.15) is 0 Å². The van der Waals surface area contributed by atoms with Crippen molar-refractivity contribution in [2.24, 2.45) is 5.41 Å². The molecule has 3 heterocycles. The van der Waals surface area contributed by atoms with Crippen LogP contribution in [0.4, 0.5) is 10.1 Å². The first-order valence-electron chi connectivity index (χ1n) is 10.3. The maximum absolute atomic E-state index is 13.1. The molecule has 1 spiro atoms. The Kier molecular flexibility index (Phi) is 5.37. The first-order chi connectivity index (χ1) is 13.1. The topological polar surface area (TPSA) is 47.6 Å². The quantitative estimate of drug-likeness (QED) is 0.846. The van der Waals surface area contributed by atoms with E-state index in [9.17, 15) is 9.18 Å². The number of piperazine rings is 1. The molecule has 0 bridgehead atoms. The summed E-state index contributed by atoms with van der Waals surface area (Å²) in [5.74, 6) is 0.0961. The van der Waals surface area contributed by atoms with Crippen molar-refractivity contribution in [3.63, 3.8) is 0 Å². The van der Waals surface area contributed by atoms with Gasteiger partial charge in [-0.05, 0) is 70.0 Å². The molecule has 2 N–H and O–H groups in total. The van der Waals surface area contributed by atoms with Crippen molar-refractivity contribution in [2.45, 2.75) is 44.7 Å². The molecule has 1 aromatic rings. The average Bonchev–Trinajstić information content (AvgIpc) is 2.97. The van der Waals surface area contributed by atoms with Crippen LogP contribution in [0.5, 0.6) is 0 Å². The Labute approximate surface area is 161 Å². The zero-order chi connectivity index (χ0) is 18.9. The van der Waals surface area contributed by atoms with Crippen LogP contribution in [0, 0.1) is 11.2 Å². The highest BCUT2D eigenvalue weighted by atomic mass is 19.1. The minimum Gasteiger partial charge on any atom is -0.369 e. The van der Waals surface area contributed by atoms with Crippen LogP contribution < -0.4 is 15.5 Å². The Balaban J connectivity index is 1.27. The standard InChI is InChI=1S/C21H31FN4O/c1-16-15-26(19-4-2-17(22)3-5-19)13-12-25(16)11-6-18-14-21(20(27)24-18)7-9-23-10-8-21/h2-5,16,18,23H,6-15H2,1H3,(H,24,27)/t16-,18-/m0/s1. The number of rotatable bonds is 4. The summed E-state index contributed by atoms with van der Waals surface area (Å²) in [7, 11) is 0. The Hall–Kier alpha value is -1.66. The third-order valence-corrected chi connectivity index (χ3v) is 6.74. The van der Waals surface area contributed by atoms with Gasteiger partial charge in [-0.3, -0.25) is 9.69 Å². The molecular weight excluding hydrogens is 343 g/mol. The molecule has 0 saturated carbocycles. The molecule has 0 unspecified atom stereocenters. The number of nitrogens with zero attached hydrogens (tertiary/aromatic N) is 2. The SMILES string of the molecule is C[C@H]1CN(c2ccc(F)cc2)CCN1CC[C@H]1CC2(CCNCC2)C(=O)N1. The first-order valence-corrected chi connectivity index (χ1v) is 10.3. The van der Waals surface area contributed by atoms with Gasteiger partial charge in [-0.1, -0.05) is 0 Å². The second-order valence-corrected chi connectivity index (χ2v) is 8.50. The van der Waals surface area contributed by atoms with Crippen LogP contribution >= 0.6 is 0 Å². The summed E-state index contributed by atoms with van der Waals surface area (Å²) in [6.07, 6.45) is 3.98. The number of carbonyl (C=O) groups excluding carboxylic acids is 1. The molecule has 5 nitrogen and oxygen atoms in total. The molecule has 0 aliphatic carbocycles. The van der Waals surface area contributed by atoms with E-state index in [1.54, 1.807) is 0 Å². The average molecular weight is 375 g/mol. The van der Waals surface area contributed by atoms with E-state index in [1.807, 2.05) is 12.1 Å². The van der Waals surface area contributed by atoms with E-state index >= 15 is 0 Å². The Bertz CT molecular complexity index is 659. The summed E-state index contributed by atoms with van der Waals surface area (Å²) >= 11 is 0. The zero-order valence-corrected chi connectivity index (χ0v) is 16.2. The molecule has 3 aliphatic rings. The summed E-state index contributed by atoms with van der Waals surface area (Å²) in [5.41, 5.74) is 0.988. The summed E-state index contributed by atoms with van der Waals surface area (Å²) in [6, 6.07) is 7.57. The number of hydrogen-bond acceptors (Lipinski definition) is 4. The number of nitrogens with one attached hydrogen (secondary N) is 2. The van der Waals surface area contributed by atoms with Crippen molar-refractivity contribution in [3.05, 3.63) is 30.1 Å². The number of piperidine rings is 1. The van der Waals surface area contributed by atoms with Gasteiger partial charge >= 0.3 is 0 Å². The van der Waals surface area contributed by atoms with Gasteiger partial charge in [0, 0.05) is 44.0 Å². The molecule has 3 fully saturated rings. The van der Waals surface area contributed by atoms with E-state index in [4.69, 9.17) is 0 Å². The molecule has 0 aromatic heterocycles. The van der Waals surface area contributed by atoms with Crippen LogP contribution in [0.25, 0.3) is 0 Å². The van der Waals surface area contributed by atoms with Gasteiger partial charge in [0.05, 0.1) is 5.41 Å². The van der Waals surface area contributed by atoms with Crippen LogP contribution in [-0.2, 0) is 4.79 Å². The monoisotopic (exact) mass is 374 g/mol. The van der Waals surface area contributed by atoms with Crippen LogP contribution in [0.1, 0.15) is 32.6 Å². The molecule has 6 heteroatoms.